The average Bonchev–Trinajstić information content (AvgIpc) is 2.56. The van der Waals surface area contributed by atoms with Gasteiger partial charge in [-0.1, -0.05) is 51.5 Å². The van der Waals surface area contributed by atoms with Crippen molar-refractivity contribution in [3.05, 3.63) is 36.6 Å². The zero-order valence-electron chi connectivity index (χ0n) is 14.8. The maximum absolute atomic E-state index is 11.8. The molecule has 3 nitrogen and oxygen atoms in total. The van der Waals surface area contributed by atoms with Crippen LogP contribution >= 0.6 is 0 Å². The lowest BCUT2D eigenvalue weighted by Gasteiger charge is -2.21. The van der Waals surface area contributed by atoms with E-state index in [0.29, 0.717) is 31.1 Å². The molecule has 1 aliphatic carbocycles. The molecule has 130 valence electrons. The molecule has 1 unspecified atom stereocenters. The minimum Gasteiger partial charge on any atom is -0.494 e. The third-order valence-electron chi connectivity index (χ3n) is 4.26. The first-order chi connectivity index (χ1) is 11.0. The van der Waals surface area contributed by atoms with Crippen LogP contribution in [0.4, 0.5) is 0 Å². The fraction of sp³-hybridized carbons (Fsp3) is 0.650. The topological polar surface area (TPSA) is 35.5 Å². The van der Waals surface area contributed by atoms with Crippen LogP contribution in [0.3, 0.4) is 0 Å². The van der Waals surface area contributed by atoms with E-state index in [0.717, 1.165) is 24.8 Å². The predicted molar refractivity (Wildman–Crippen MR) is 95.0 cm³/mol. The second-order valence-corrected chi connectivity index (χ2v) is 6.53. The van der Waals surface area contributed by atoms with Crippen molar-refractivity contribution in [2.24, 2.45) is 5.92 Å². The summed E-state index contributed by atoms with van der Waals surface area (Å²) in [6, 6.07) is 0. The predicted octanol–water partition coefficient (Wildman–Crippen LogP) is 5.33. The molecule has 0 bridgehead atoms. The molecule has 0 aromatic heterocycles. The summed E-state index contributed by atoms with van der Waals surface area (Å²) in [4.78, 5) is 11.8. The van der Waals surface area contributed by atoms with E-state index >= 15 is 0 Å². The minimum atomic E-state index is -0.113. The van der Waals surface area contributed by atoms with Gasteiger partial charge in [0.15, 0.2) is 0 Å². The van der Waals surface area contributed by atoms with E-state index in [1.165, 1.54) is 19.3 Å². The van der Waals surface area contributed by atoms with Gasteiger partial charge in [0, 0.05) is 6.42 Å². The van der Waals surface area contributed by atoms with E-state index in [9.17, 15) is 4.79 Å². The highest BCUT2D eigenvalue weighted by atomic mass is 16.5. The van der Waals surface area contributed by atoms with Gasteiger partial charge in [-0.15, -0.1) is 0 Å². The fourth-order valence-corrected chi connectivity index (χ4v) is 2.40. The molecule has 0 aromatic rings. The molecule has 1 saturated carbocycles. The fourth-order valence-electron chi connectivity index (χ4n) is 2.40. The number of ether oxygens (including phenoxy) is 2. The van der Waals surface area contributed by atoms with Gasteiger partial charge in [0.05, 0.1) is 6.61 Å². The molecule has 0 aromatic carbocycles. The second kappa shape index (κ2) is 11.1. The van der Waals surface area contributed by atoms with Crippen molar-refractivity contribution in [1.29, 1.82) is 0 Å². The Morgan fingerprint density at radius 2 is 1.87 bits per heavy atom. The summed E-state index contributed by atoms with van der Waals surface area (Å²) in [6.45, 7) is 12.8. The molecule has 0 spiro atoms. The minimum absolute atomic E-state index is 0.113. The van der Waals surface area contributed by atoms with Crippen LogP contribution in [0.25, 0.3) is 0 Å². The van der Waals surface area contributed by atoms with Gasteiger partial charge in [-0.3, -0.25) is 4.79 Å². The molecule has 0 saturated heterocycles. The molecule has 3 heteroatoms. The van der Waals surface area contributed by atoms with Crippen LogP contribution in [0.5, 0.6) is 0 Å². The van der Waals surface area contributed by atoms with Crippen molar-refractivity contribution < 1.29 is 14.3 Å². The Labute approximate surface area is 141 Å². The smallest absolute Gasteiger partial charge is 0.306 e. The quantitative estimate of drug-likeness (QED) is 0.310. The van der Waals surface area contributed by atoms with E-state index in [2.05, 4.69) is 27.0 Å². The summed E-state index contributed by atoms with van der Waals surface area (Å²) >= 11 is 0. The van der Waals surface area contributed by atoms with Gasteiger partial charge in [-0.25, -0.2) is 0 Å². The summed E-state index contributed by atoms with van der Waals surface area (Å²) in [5.74, 6) is 1.05. The van der Waals surface area contributed by atoms with Crippen LogP contribution in [0, 0.1) is 5.92 Å². The number of carbonyl (C=O) groups excluding carboxylic acids is 1. The molecular weight excluding hydrogens is 288 g/mol. The van der Waals surface area contributed by atoms with Gasteiger partial charge in [-0.05, 0) is 44.1 Å². The molecule has 1 aliphatic rings. The Morgan fingerprint density at radius 3 is 2.52 bits per heavy atom. The van der Waals surface area contributed by atoms with Crippen LogP contribution in [0.2, 0.25) is 0 Å². The first-order valence-corrected chi connectivity index (χ1v) is 8.88. The molecule has 0 amide bonds. The van der Waals surface area contributed by atoms with Crippen LogP contribution in [0.1, 0.15) is 65.2 Å². The molecule has 1 fully saturated rings. The van der Waals surface area contributed by atoms with Gasteiger partial charge in [-0.2, -0.15) is 0 Å². The number of hydrogen-bond acceptors (Lipinski definition) is 3. The lowest BCUT2D eigenvalue weighted by molar-refractivity contribution is -0.150. The second-order valence-electron chi connectivity index (χ2n) is 6.53. The lowest BCUT2D eigenvalue weighted by Crippen LogP contribution is -2.20. The van der Waals surface area contributed by atoms with Crippen LogP contribution in [-0.4, -0.2) is 18.7 Å². The zero-order valence-corrected chi connectivity index (χ0v) is 14.8. The highest BCUT2D eigenvalue weighted by molar-refractivity contribution is 5.70. The van der Waals surface area contributed by atoms with Gasteiger partial charge in [0.25, 0.3) is 0 Å². The Bertz CT molecular complexity index is 417. The molecule has 23 heavy (non-hydrogen) atoms. The number of esters is 1. The highest BCUT2D eigenvalue weighted by Gasteiger charge is 2.17. The van der Waals surface area contributed by atoms with E-state index in [-0.39, 0.29) is 12.1 Å². The summed E-state index contributed by atoms with van der Waals surface area (Å²) in [5, 5.41) is 0. The summed E-state index contributed by atoms with van der Waals surface area (Å²) in [5.41, 5.74) is 0.888. The number of carbonyl (C=O) groups is 1. The third-order valence-corrected chi connectivity index (χ3v) is 4.26. The average molecular weight is 320 g/mol. The van der Waals surface area contributed by atoms with Gasteiger partial charge in [0.1, 0.15) is 11.9 Å². The molecule has 1 atom stereocenters. The largest absolute Gasteiger partial charge is 0.494 e. The lowest BCUT2D eigenvalue weighted by atomic mass is 9.98. The van der Waals surface area contributed by atoms with Crippen molar-refractivity contribution in [2.75, 3.05) is 6.61 Å². The number of hydrogen-bond donors (Lipinski definition) is 0. The first-order valence-electron chi connectivity index (χ1n) is 8.88. The maximum Gasteiger partial charge on any atom is 0.306 e. The Morgan fingerprint density at radius 1 is 1.17 bits per heavy atom. The molecule has 0 N–H and O–H groups in total. The van der Waals surface area contributed by atoms with Crippen molar-refractivity contribution >= 4 is 5.97 Å². The normalized spacial score (nSPS) is 17.0. The van der Waals surface area contributed by atoms with Gasteiger partial charge in [0.2, 0.25) is 0 Å². The Hall–Kier alpha value is -1.51. The molecule has 0 radical (unpaired) electrons. The summed E-state index contributed by atoms with van der Waals surface area (Å²) in [6.07, 6.45) is 11.5. The molecule has 0 aliphatic heterocycles. The van der Waals surface area contributed by atoms with E-state index in [1.807, 2.05) is 12.2 Å². The van der Waals surface area contributed by atoms with Crippen LogP contribution in [-0.2, 0) is 14.3 Å². The number of allylic oxidation sites excluding steroid dienone is 3. The monoisotopic (exact) mass is 320 g/mol. The van der Waals surface area contributed by atoms with E-state index < -0.39 is 0 Å². The highest BCUT2D eigenvalue weighted by Crippen LogP contribution is 2.21. The zero-order chi connectivity index (χ0) is 17.1. The molecular formula is C20H32O3. The first kappa shape index (κ1) is 19.5. The van der Waals surface area contributed by atoms with Crippen molar-refractivity contribution in [2.45, 2.75) is 71.3 Å². The van der Waals surface area contributed by atoms with Crippen LogP contribution < -0.4 is 0 Å². The van der Waals surface area contributed by atoms with Crippen molar-refractivity contribution in [1.82, 2.24) is 0 Å². The van der Waals surface area contributed by atoms with E-state index in [1.54, 1.807) is 0 Å². The van der Waals surface area contributed by atoms with Gasteiger partial charge >= 0.3 is 5.97 Å². The summed E-state index contributed by atoms with van der Waals surface area (Å²) < 4.78 is 11.1. The van der Waals surface area contributed by atoms with Gasteiger partial charge < -0.3 is 9.47 Å². The standard InChI is InChI=1S/C20H32O3/c1-5-16(2)15-22-18(4)13-11-17(3)12-14-20(21)23-19-9-7-6-8-10-19/h11,13,16,19H,3-10,12,14-15H2,1-2H3/b13-11-. The Balaban J connectivity index is 2.18. The summed E-state index contributed by atoms with van der Waals surface area (Å²) in [7, 11) is 0. The van der Waals surface area contributed by atoms with Crippen molar-refractivity contribution in [3.63, 3.8) is 0 Å². The molecule has 1 rings (SSSR count). The Kier molecular flexibility index (Phi) is 9.42. The molecule has 0 heterocycles. The van der Waals surface area contributed by atoms with E-state index in [4.69, 9.17) is 9.47 Å². The van der Waals surface area contributed by atoms with Crippen LogP contribution in [0.15, 0.2) is 36.6 Å². The third kappa shape index (κ3) is 9.27. The maximum atomic E-state index is 11.8. The van der Waals surface area contributed by atoms with Crippen molar-refractivity contribution in [3.8, 4) is 0 Å². The SMILES string of the molecule is C=C(/C=C\C(=C)OCC(C)CC)CCC(=O)OC1CCCCC1. The number of rotatable bonds is 10.